The number of hydrogen-bond acceptors (Lipinski definition) is 4. The van der Waals surface area contributed by atoms with Crippen molar-refractivity contribution < 1.29 is 5.11 Å². The quantitative estimate of drug-likeness (QED) is 0.799. The summed E-state index contributed by atoms with van der Waals surface area (Å²) in [6.07, 6.45) is 6.27. The summed E-state index contributed by atoms with van der Waals surface area (Å²) >= 11 is 0. The first-order valence-corrected chi connectivity index (χ1v) is 7.22. The molecule has 1 aliphatic rings. The Morgan fingerprint density at radius 3 is 2.75 bits per heavy atom. The molecule has 0 atom stereocenters. The second-order valence-corrected chi connectivity index (χ2v) is 5.82. The summed E-state index contributed by atoms with van der Waals surface area (Å²) in [5.74, 6) is 0. The van der Waals surface area contributed by atoms with Crippen molar-refractivity contribution in [2.45, 2.75) is 25.7 Å². The van der Waals surface area contributed by atoms with E-state index in [1.807, 2.05) is 24.3 Å². The predicted octanol–water partition coefficient (Wildman–Crippen LogP) is 2.78. The van der Waals surface area contributed by atoms with Gasteiger partial charge in [0.1, 0.15) is 0 Å². The van der Waals surface area contributed by atoms with Crippen LogP contribution in [0.2, 0.25) is 0 Å². The highest BCUT2D eigenvalue weighted by Gasteiger charge is 2.33. The highest BCUT2D eigenvalue weighted by atomic mass is 16.3. The zero-order valence-electron chi connectivity index (χ0n) is 11.6. The van der Waals surface area contributed by atoms with Gasteiger partial charge in [0.25, 0.3) is 0 Å². The Bertz CT molecular complexity index is 606. The maximum absolute atomic E-state index is 9.69. The van der Waals surface area contributed by atoms with E-state index in [1.54, 1.807) is 6.20 Å². The molecule has 1 aromatic heterocycles. The van der Waals surface area contributed by atoms with E-state index in [1.165, 1.54) is 12.8 Å². The van der Waals surface area contributed by atoms with Crippen LogP contribution in [0.15, 0.2) is 30.5 Å². The van der Waals surface area contributed by atoms with E-state index in [2.05, 4.69) is 10.3 Å². The number of aliphatic hydroxyl groups excluding tert-OH is 1. The SMILES string of the molecule is Nc1cnc2ccccc2c1NCC1(CO)CCCC1. The molecule has 1 heterocycles. The molecule has 0 bridgehead atoms. The number of nitrogens with two attached hydrogens (primary N) is 1. The Labute approximate surface area is 119 Å². The van der Waals surface area contributed by atoms with Crippen molar-refractivity contribution in [3.05, 3.63) is 30.5 Å². The number of benzene rings is 1. The number of aromatic nitrogens is 1. The molecule has 0 amide bonds. The molecule has 1 fully saturated rings. The number of nitrogens with zero attached hydrogens (tertiary/aromatic N) is 1. The summed E-state index contributed by atoms with van der Waals surface area (Å²) in [4.78, 5) is 4.34. The van der Waals surface area contributed by atoms with Gasteiger partial charge in [-0.2, -0.15) is 0 Å². The summed E-state index contributed by atoms with van der Waals surface area (Å²) in [5.41, 5.74) is 8.62. The molecule has 2 aromatic rings. The van der Waals surface area contributed by atoms with E-state index in [9.17, 15) is 5.11 Å². The number of para-hydroxylation sites is 1. The lowest BCUT2D eigenvalue weighted by atomic mass is 9.87. The van der Waals surface area contributed by atoms with Gasteiger partial charge >= 0.3 is 0 Å². The first kappa shape index (κ1) is 13.2. The van der Waals surface area contributed by atoms with Gasteiger partial charge in [-0.3, -0.25) is 4.98 Å². The van der Waals surface area contributed by atoms with Crippen LogP contribution in [0.3, 0.4) is 0 Å². The van der Waals surface area contributed by atoms with E-state index >= 15 is 0 Å². The maximum Gasteiger partial charge on any atom is 0.0743 e. The smallest absolute Gasteiger partial charge is 0.0743 e. The van der Waals surface area contributed by atoms with Crippen LogP contribution in [-0.4, -0.2) is 23.2 Å². The lowest BCUT2D eigenvalue weighted by Gasteiger charge is -2.27. The second-order valence-electron chi connectivity index (χ2n) is 5.82. The van der Waals surface area contributed by atoms with Crippen molar-refractivity contribution in [1.29, 1.82) is 0 Å². The minimum Gasteiger partial charge on any atom is -0.396 e. The number of pyridine rings is 1. The van der Waals surface area contributed by atoms with Crippen molar-refractivity contribution in [1.82, 2.24) is 4.98 Å². The molecule has 0 unspecified atom stereocenters. The Kier molecular flexibility index (Phi) is 3.49. The van der Waals surface area contributed by atoms with Crippen LogP contribution in [0, 0.1) is 5.41 Å². The number of aliphatic hydroxyl groups is 1. The summed E-state index contributed by atoms with van der Waals surface area (Å²) in [6, 6.07) is 7.98. The van der Waals surface area contributed by atoms with Gasteiger partial charge in [-0.05, 0) is 18.9 Å². The molecule has 0 saturated heterocycles. The van der Waals surface area contributed by atoms with Gasteiger partial charge in [0.2, 0.25) is 0 Å². The third kappa shape index (κ3) is 2.31. The van der Waals surface area contributed by atoms with Crippen LogP contribution >= 0.6 is 0 Å². The van der Waals surface area contributed by atoms with Crippen LogP contribution in [0.5, 0.6) is 0 Å². The molecule has 1 aliphatic carbocycles. The third-order valence-electron chi connectivity index (χ3n) is 4.44. The molecule has 0 spiro atoms. The molecular formula is C16H21N3O. The highest BCUT2D eigenvalue weighted by molar-refractivity contribution is 5.96. The van der Waals surface area contributed by atoms with E-state index in [-0.39, 0.29) is 12.0 Å². The lowest BCUT2D eigenvalue weighted by Crippen LogP contribution is -2.30. The normalized spacial score (nSPS) is 17.4. The highest BCUT2D eigenvalue weighted by Crippen LogP contribution is 2.38. The number of nitrogens with one attached hydrogen (secondary N) is 1. The predicted molar refractivity (Wildman–Crippen MR) is 82.6 cm³/mol. The van der Waals surface area contributed by atoms with Crippen LogP contribution in [-0.2, 0) is 0 Å². The number of fused-ring (bicyclic) bond motifs is 1. The molecule has 4 nitrogen and oxygen atoms in total. The fourth-order valence-corrected chi connectivity index (χ4v) is 3.15. The Balaban J connectivity index is 1.89. The second kappa shape index (κ2) is 5.29. The average molecular weight is 271 g/mol. The number of rotatable bonds is 4. The van der Waals surface area contributed by atoms with Crippen molar-refractivity contribution in [3.8, 4) is 0 Å². The molecule has 3 rings (SSSR count). The van der Waals surface area contributed by atoms with Crippen LogP contribution in [0.25, 0.3) is 10.9 Å². The Morgan fingerprint density at radius 1 is 1.25 bits per heavy atom. The number of anilines is 2. The van der Waals surface area contributed by atoms with Gasteiger partial charge in [0.05, 0.1) is 29.7 Å². The Hall–Kier alpha value is -1.81. The van der Waals surface area contributed by atoms with E-state index in [0.29, 0.717) is 5.69 Å². The van der Waals surface area contributed by atoms with Crippen molar-refractivity contribution in [2.75, 3.05) is 24.2 Å². The van der Waals surface area contributed by atoms with Gasteiger partial charge in [-0.1, -0.05) is 31.0 Å². The summed E-state index contributed by atoms with van der Waals surface area (Å²) in [7, 11) is 0. The first-order valence-electron chi connectivity index (χ1n) is 7.22. The molecule has 4 N–H and O–H groups in total. The Morgan fingerprint density at radius 2 is 2.00 bits per heavy atom. The molecular weight excluding hydrogens is 250 g/mol. The topological polar surface area (TPSA) is 71.2 Å². The molecule has 20 heavy (non-hydrogen) atoms. The molecule has 4 heteroatoms. The molecule has 0 radical (unpaired) electrons. The minimum atomic E-state index is 0.0107. The summed E-state index contributed by atoms with van der Waals surface area (Å²) in [5, 5.41) is 14.2. The van der Waals surface area contributed by atoms with Gasteiger partial charge in [0.15, 0.2) is 0 Å². The lowest BCUT2D eigenvalue weighted by molar-refractivity contribution is 0.142. The van der Waals surface area contributed by atoms with Crippen molar-refractivity contribution >= 4 is 22.3 Å². The zero-order valence-corrected chi connectivity index (χ0v) is 11.6. The molecule has 106 valence electrons. The first-order chi connectivity index (χ1) is 9.74. The minimum absolute atomic E-state index is 0.0107. The van der Waals surface area contributed by atoms with Crippen molar-refractivity contribution in [2.24, 2.45) is 5.41 Å². The van der Waals surface area contributed by atoms with E-state index < -0.39 is 0 Å². The van der Waals surface area contributed by atoms with Gasteiger partial charge in [0, 0.05) is 17.3 Å². The average Bonchev–Trinajstić information content (AvgIpc) is 2.96. The van der Waals surface area contributed by atoms with Gasteiger partial charge < -0.3 is 16.2 Å². The van der Waals surface area contributed by atoms with Crippen LogP contribution in [0.4, 0.5) is 11.4 Å². The standard InChI is InChI=1S/C16H21N3O/c17-13-9-18-14-6-2-1-5-12(14)15(13)19-10-16(11-20)7-3-4-8-16/h1-2,5-6,9,20H,3-4,7-8,10-11,17H2,(H,18,19). The third-order valence-corrected chi connectivity index (χ3v) is 4.44. The largest absolute Gasteiger partial charge is 0.396 e. The molecule has 1 aromatic carbocycles. The summed E-state index contributed by atoms with van der Waals surface area (Å²) < 4.78 is 0. The fraction of sp³-hybridized carbons (Fsp3) is 0.438. The summed E-state index contributed by atoms with van der Waals surface area (Å²) in [6.45, 7) is 1.00. The van der Waals surface area contributed by atoms with Crippen molar-refractivity contribution in [3.63, 3.8) is 0 Å². The molecule has 0 aliphatic heterocycles. The maximum atomic E-state index is 9.69. The number of nitrogen functional groups attached to an aromatic ring is 1. The zero-order chi connectivity index (χ0) is 14.0. The van der Waals surface area contributed by atoms with E-state index in [4.69, 9.17) is 5.73 Å². The number of hydrogen-bond donors (Lipinski definition) is 3. The van der Waals surface area contributed by atoms with Crippen LogP contribution in [0.1, 0.15) is 25.7 Å². The monoisotopic (exact) mass is 271 g/mol. The van der Waals surface area contributed by atoms with Gasteiger partial charge in [-0.25, -0.2) is 0 Å². The van der Waals surface area contributed by atoms with E-state index in [0.717, 1.165) is 36.0 Å². The fourth-order valence-electron chi connectivity index (χ4n) is 3.15. The molecule has 1 saturated carbocycles. The van der Waals surface area contributed by atoms with Crippen LogP contribution < -0.4 is 11.1 Å². The van der Waals surface area contributed by atoms with Gasteiger partial charge in [-0.15, -0.1) is 0 Å².